The molecule has 1 N–H and O–H groups in total. The highest BCUT2D eigenvalue weighted by atomic mass is 16.5. The van der Waals surface area contributed by atoms with Gasteiger partial charge in [-0.25, -0.2) is 0 Å². The summed E-state index contributed by atoms with van der Waals surface area (Å²) in [5, 5.41) is 22.8. The molecule has 0 spiro atoms. The Bertz CT molecular complexity index is 1150. The fourth-order valence-electron chi connectivity index (χ4n) is 8.23. The van der Waals surface area contributed by atoms with E-state index in [9.17, 15) is 24.6 Å². The van der Waals surface area contributed by atoms with E-state index in [1.807, 2.05) is 44.2 Å². The lowest BCUT2D eigenvalue weighted by molar-refractivity contribution is -0.334. The molecule has 0 aromatic rings. The summed E-state index contributed by atoms with van der Waals surface area (Å²) in [6.07, 6.45) is 11.2. The smallest absolute Gasteiger partial charge is 0.302 e. The van der Waals surface area contributed by atoms with Crippen molar-refractivity contribution in [1.82, 2.24) is 0 Å². The molecule has 0 aliphatic heterocycles. The van der Waals surface area contributed by atoms with Gasteiger partial charge in [-0.1, -0.05) is 56.7 Å². The van der Waals surface area contributed by atoms with E-state index in [-0.39, 0.29) is 23.0 Å². The van der Waals surface area contributed by atoms with Crippen molar-refractivity contribution in [3.63, 3.8) is 0 Å². The Labute approximate surface area is 239 Å². The number of ether oxygens (including phenoxy) is 2. The van der Waals surface area contributed by atoms with E-state index in [1.54, 1.807) is 27.9 Å². The van der Waals surface area contributed by atoms with Gasteiger partial charge in [-0.3, -0.25) is 9.59 Å². The Morgan fingerprint density at radius 2 is 1.73 bits per heavy atom. The van der Waals surface area contributed by atoms with Crippen molar-refractivity contribution in [1.29, 1.82) is 0 Å². The summed E-state index contributed by atoms with van der Waals surface area (Å²) < 4.78 is 10.9. The summed E-state index contributed by atoms with van der Waals surface area (Å²) in [5.74, 6) is -1.81. The van der Waals surface area contributed by atoms with E-state index in [2.05, 4.69) is 13.8 Å². The number of carbonyl (C=O) groups is 3. The van der Waals surface area contributed by atoms with Gasteiger partial charge in [0.05, 0.1) is 11.6 Å². The maximum atomic E-state index is 13.6. The molecule has 0 bridgehead atoms. The molecule has 3 aliphatic rings. The molecule has 1 unspecified atom stereocenters. The Balaban J connectivity index is 1.90. The number of ketones is 1. The van der Waals surface area contributed by atoms with E-state index in [0.29, 0.717) is 32.1 Å². The molecule has 0 saturated heterocycles. The molecule has 3 rings (SSSR count). The van der Waals surface area contributed by atoms with Crippen molar-refractivity contribution in [2.75, 3.05) is 7.11 Å². The zero-order valence-electron chi connectivity index (χ0n) is 25.6. The third-order valence-corrected chi connectivity index (χ3v) is 10.2. The first kappa shape index (κ1) is 32.0. The number of methoxy groups -OCH3 is 1. The van der Waals surface area contributed by atoms with Gasteiger partial charge in [-0.2, -0.15) is 0 Å². The summed E-state index contributed by atoms with van der Waals surface area (Å²) in [4.78, 5) is 37.9. The third kappa shape index (κ3) is 5.64. The van der Waals surface area contributed by atoms with Gasteiger partial charge in [0, 0.05) is 36.9 Å². The van der Waals surface area contributed by atoms with Crippen LogP contribution in [0.3, 0.4) is 0 Å². The van der Waals surface area contributed by atoms with Crippen LogP contribution < -0.4 is 5.11 Å². The first-order chi connectivity index (χ1) is 18.4. The van der Waals surface area contributed by atoms with E-state index in [0.717, 1.165) is 16.7 Å². The lowest BCUT2D eigenvalue weighted by Gasteiger charge is -2.63. The second-order valence-electron chi connectivity index (χ2n) is 13.4. The van der Waals surface area contributed by atoms with E-state index < -0.39 is 40.6 Å². The predicted molar refractivity (Wildman–Crippen MR) is 152 cm³/mol. The molecule has 7 atom stereocenters. The third-order valence-electron chi connectivity index (χ3n) is 10.2. The van der Waals surface area contributed by atoms with Gasteiger partial charge in [0.25, 0.3) is 0 Å². The van der Waals surface area contributed by atoms with Gasteiger partial charge < -0.3 is 24.5 Å². The number of esters is 1. The zero-order chi connectivity index (χ0) is 30.3. The Morgan fingerprint density at radius 3 is 2.27 bits per heavy atom. The van der Waals surface area contributed by atoms with Crippen LogP contribution in [0, 0.1) is 28.1 Å². The predicted octanol–water partition coefficient (Wildman–Crippen LogP) is 4.64. The van der Waals surface area contributed by atoms with Gasteiger partial charge in [0.15, 0.2) is 5.78 Å². The summed E-state index contributed by atoms with van der Waals surface area (Å²) in [6.45, 7) is 14.6. The highest BCUT2D eigenvalue weighted by Crippen LogP contribution is 2.69. The van der Waals surface area contributed by atoms with Crippen molar-refractivity contribution in [3.05, 3.63) is 47.1 Å². The largest absolute Gasteiger partial charge is 0.549 e. The molecule has 7 nitrogen and oxygen atoms in total. The minimum Gasteiger partial charge on any atom is -0.549 e. The van der Waals surface area contributed by atoms with Crippen molar-refractivity contribution in [3.8, 4) is 0 Å². The Morgan fingerprint density at radius 1 is 1.07 bits per heavy atom. The standard InChI is InChI=1S/C33H48O7/c1-20(13-14-26(39-9)30(4,5)38)11-10-12-21(2)28-23(35)19-25-31(6)18-16-27(40-22(3)34)33(8,29(36)37)24(31)15-17-32(25,28)7/h10-14,24-27,38H,15-19H2,1-9H3,(H,36,37)/p-1/b12-10+,14-13+,20-11+,28-21+/t24-,25+,26?,27-,31+,32+,33-/m1/s1. The lowest BCUT2D eigenvalue weighted by Crippen LogP contribution is -2.64. The molecule has 0 radical (unpaired) electrons. The maximum Gasteiger partial charge on any atom is 0.302 e. The van der Waals surface area contributed by atoms with Gasteiger partial charge in [-0.15, -0.1) is 0 Å². The average molecular weight is 556 g/mol. The van der Waals surface area contributed by atoms with Crippen molar-refractivity contribution in [2.24, 2.45) is 28.1 Å². The molecular weight excluding hydrogens is 508 g/mol. The van der Waals surface area contributed by atoms with Crippen LogP contribution in [0.2, 0.25) is 0 Å². The number of hydrogen-bond acceptors (Lipinski definition) is 7. The second-order valence-corrected chi connectivity index (χ2v) is 13.4. The van der Waals surface area contributed by atoms with Crippen LogP contribution in [-0.2, 0) is 23.9 Å². The Kier molecular flexibility index (Phi) is 9.12. The van der Waals surface area contributed by atoms with Crippen LogP contribution >= 0.6 is 0 Å². The molecule has 3 saturated carbocycles. The minimum absolute atomic E-state index is 0.00502. The maximum absolute atomic E-state index is 13.6. The molecule has 40 heavy (non-hydrogen) atoms. The molecule has 3 fully saturated rings. The molecule has 7 heteroatoms. The van der Waals surface area contributed by atoms with Crippen LogP contribution in [0.25, 0.3) is 0 Å². The number of Topliss-reactive ketones (excluding diaryl/α,β-unsaturated/α-hetero) is 1. The number of carbonyl (C=O) groups excluding carboxylic acids is 3. The summed E-state index contributed by atoms with van der Waals surface area (Å²) >= 11 is 0. The molecule has 3 aliphatic carbocycles. The van der Waals surface area contributed by atoms with Crippen molar-refractivity contribution < 1.29 is 34.1 Å². The minimum atomic E-state index is -1.31. The molecular formula is C33H47O7-. The topological polar surface area (TPSA) is 113 Å². The monoisotopic (exact) mass is 555 g/mol. The van der Waals surface area contributed by atoms with E-state index in [1.165, 1.54) is 6.92 Å². The number of aliphatic carboxylic acids is 1. The average Bonchev–Trinajstić information content (AvgIpc) is 3.11. The SMILES string of the molecule is COC(/C=C/C(C)=C/C=C/C(C)=C1\C(=O)C[C@H]2[C@@]3(C)CC[C@@H](OC(C)=O)[C@](C)(C(=O)[O-])[C@@H]3CC[C@]12C)C(C)(C)O. The van der Waals surface area contributed by atoms with Gasteiger partial charge in [0.1, 0.15) is 12.2 Å². The first-order valence-electron chi connectivity index (χ1n) is 14.3. The highest BCUT2D eigenvalue weighted by Gasteiger charge is 2.66. The van der Waals surface area contributed by atoms with Gasteiger partial charge >= 0.3 is 5.97 Å². The number of rotatable bonds is 8. The summed E-state index contributed by atoms with van der Waals surface area (Å²) in [5.41, 5.74) is -0.338. The normalized spacial score (nSPS) is 36.9. The Hall–Kier alpha value is -2.51. The van der Waals surface area contributed by atoms with Crippen LogP contribution in [0.15, 0.2) is 47.1 Å². The van der Waals surface area contributed by atoms with E-state index in [4.69, 9.17) is 9.47 Å². The first-order valence-corrected chi connectivity index (χ1v) is 14.3. The van der Waals surface area contributed by atoms with Crippen LogP contribution in [-0.4, -0.2) is 47.7 Å². The van der Waals surface area contributed by atoms with E-state index >= 15 is 0 Å². The molecule has 0 heterocycles. The number of carboxylic acid groups (broad SMARTS) is 1. The molecule has 222 valence electrons. The fourth-order valence-corrected chi connectivity index (χ4v) is 8.23. The van der Waals surface area contributed by atoms with Gasteiger partial charge in [0.2, 0.25) is 0 Å². The van der Waals surface area contributed by atoms with Crippen LogP contribution in [0.1, 0.15) is 87.5 Å². The number of aliphatic hydroxyl groups is 1. The van der Waals surface area contributed by atoms with Crippen LogP contribution in [0.4, 0.5) is 0 Å². The number of carboxylic acids is 1. The summed E-state index contributed by atoms with van der Waals surface area (Å²) in [6, 6.07) is 0. The summed E-state index contributed by atoms with van der Waals surface area (Å²) in [7, 11) is 1.56. The van der Waals surface area contributed by atoms with Crippen molar-refractivity contribution in [2.45, 2.75) is 105 Å². The van der Waals surface area contributed by atoms with Crippen LogP contribution in [0.5, 0.6) is 0 Å². The second kappa shape index (κ2) is 11.4. The number of hydrogen-bond donors (Lipinski definition) is 1. The zero-order valence-corrected chi connectivity index (χ0v) is 25.6. The number of fused-ring (bicyclic) bond motifs is 3. The molecule has 0 aromatic carbocycles. The molecule has 0 amide bonds. The van der Waals surface area contributed by atoms with Crippen molar-refractivity contribution >= 4 is 17.7 Å². The van der Waals surface area contributed by atoms with Gasteiger partial charge in [-0.05, 0) is 76.2 Å². The number of allylic oxidation sites excluding steroid dienone is 7. The highest BCUT2D eigenvalue weighted by molar-refractivity contribution is 6.01. The quantitative estimate of drug-likeness (QED) is 0.264. The lowest BCUT2D eigenvalue weighted by atomic mass is 9.42. The fraction of sp³-hybridized carbons (Fsp3) is 0.667. The molecule has 0 aromatic heterocycles.